The molecule has 0 aliphatic carbocycles. The first-order valence-electron chi connectivity index (χ1n) is 8.00. The lowest BCUT2D eigenvalue weighted by molar-refractivity contribution is -0.129. The average molecular weight is 360 g/mol. The standard InChI is InChI=1S/C19H22ClN3O2/c1-14-7-9-15(10-8-14)11-21-19(25)22-12-18(24)23(2)13-16-5-3-4-6-17(16)20/h3-10H,11-13H2,1-2H3,(H2,21,22,25). The third-order valence-corrected chi connectivity index (χ3v) is 4.13. The largest absolute Gasteiger partial charge is 0.340 e. The Bertz CT molecular complexity index is 732. The molecule has 0 heterocycles. The average Bonchev–Trinajstić information content (AvgIpc) is 2.61. The number of carbonyl (C=O) groups is 2. The van der Waals surface area contributed by atoms with Crippen LogP contribution >= 0.6 is 11.6 Å². The molecule has 0 radical (unpaired) electrons. The van der Waals surface area contributed by atoms with Crippen LogP contribution in [0.4, 0.5) is 4.79 Å². The summed E-state index contributed by atoms with van der Waals surface area (Å²) in [4.78, 5) is 25.5. The lowest BCUT2D eigenvalue weighted by atomic mass is 10.1. The maximum absolute atomic E-state index is 12.1. The molecular weight excluding hydrogens is 338 g/mol. The van der Waals surface area contributed by atoms with Gasteiger partial charge in [0.05, 0.1) is 6.54 Å². The van der Waals surface area contributed by atoms with Gasteiger partial charge in [-0.05, 0) is 24.1 Å². The second-order valence-corrected chi connectivity index (χ2v) is 6.27. The van der Waals surface area contributed by atoms with E-state index in [1.54, 1.807) is 13.1 Å². The fourth-order valence-corrected chi connectivity index (χ4v) is 2.41. The third-order valence-electron chi connectivity index (χ3n) is 3.76. The minimum absolute atomic E-state index is 0.0688. The van der Waals surface area contributed by atoms with Gasteiger partial charge in [0.15, 0.2) is 0 Å². The van der Waals surface area contributed by atoms with E-state index in [0.717, 1.165) is 11.1 Å². The number of carbonyl (C=O) groups excluding carboxylic acids is 2. The predicted octanol–water partition coefficient (Wildman–Crippen LogP) is 3.11. The minimum Gasteiger partial charge on any atom is -0.340 e. The minimum atomic E-state index is -0.375. The van der Waals surface area contributed by atoms with E-state index in [1.807, 2.05) is 49.4 Å². The van der Waals surface area contributed by atoms with E-state index in [9.17, 15) is 9.59 Å². The molecule has 0 aliphatic heterocycles. The van der Waals surface area contributed by atoms with Crippen molar-refractivity contribution in [2.75, 3.05) is 13.6 Å². The molecule has 0 fully saturated rings. The second-order valence-electron chi connectivity index (χ2n) is 5.86. The highest BCUT2D eigenvalue weighted by Gasteiger charge is 2.12. The molecule has 3 amide bonds. The molecule has 2 N–H and O–H groups in total. The second kappa shape index (κ2) is 9.08. The van der Waals surface area contributed by atoms with Gasteiger partial charge in [0, 0.05) is 25.2 Å². The van der Waals surface area contributed by atoms with Crippen LogP contribution in [-0.4, -0.2) is 30.4 Å². The van der Waals surface area contributed by atoms with Gasteiger partial charge in [-0.2, -0.15) is 0 Å². The van der Waals surface area contributed by atoms with Crippen LogP contribution in [0, 0.1) is 6.92 Å². The van der Waals surface area contributed by atoms with Crippen LogP contribution in [0.25, 0.3) is 0 Å². The highest BCUT2D eigenvalue weighted by molar-refractivity contribution is 6.31. The zero-order valence-corrected chi connectivity index (χ0v) is 15.1. The Balaban J connectivity index is 1.74. The number of nitrogens with one attached hydrogen (secondary N) is 2. The molecule has 0 saturated heterocycles. The molecule has 2 aromatic rings. The highest BCUT2D eigenvalue weighted by atomic mass is 35.5. The van der Waals surface area contributed by atoms with Crippen LogP contribution in [0.1, 0.15) is 16.7 Å². The van der Waals surface area contributed by atoms with Gasteiger partial charge in [-0.3, -0.25) is 4.79 Å². The number of aryl methyl sites for hydroxylation is 1. The number of hydrogen-bond acceptors (Lipinski definition) is 2. The van der Waals surface area contributed by atoms with E-state index in [1.165, 1.54) is 10.5 Å². The summed E-state index contributed by atoms with van der Waals surface area (Å²) in [5, 5.41) is 5.92. The van der Waals surface area contributed by atoms with Crippen molar-refractivity contribution < 1.29 is 9.59 Å². The van der Waals surface area contributed by atoms with Crippen LogP contribution in [0.15, 0.2) is 48.5 Å². The first-order chi connectivity index (χ1) is 12.0. The van der Waals surface area contributed by atoms with Gasteiger partial charge in [0.25, 0.3) is 0 Å². The summed E-state index contributed by atoms with van der Waals surface area (Å²) in [5.41, 5.74) is 3.03. The number of urea groups is 1. The summed E-state index contributed by atoms with van der Waals surface area (Å²) in [6.07, 6.45) is 0. The SMILES string of the molecule is Cc1ccc(CNC(=O)NCC(=O)N(C)Cc2ccccc2Cl)cc1. The molecule has 0 unspecified atom stereocenters. The van der Waals surface area contributed by atoms with Crippen LogP contribution in [0.2, 0.25) is 5.02 Å². The number of rotatable bonds is 6. The number of hydrogen-bond donors (Lipinski definition) is 2. The van der Waals surface area contributed by atoms with Gasteiger partial charge < -0.3 is 15.5 Å². The van der Waals surface area contributed by atoms with Crippen LogP contribution < -0.4 is 10.6 Å². The fraction of sp³-hybridized carbons (Fsp3) is 0.263. The molecule has 132 valence electrons. The molecular formula is C19H22ClN3O2. The van der Waals surface area contributed by atoms with Crippen molar-refractivity contribution in [3.05, 3.63) is 70.2 Å². The molecule has 0 spiro atoms. The maximum atomic E-state index is 12.1. The Hall–Kier alpha value is -2.53. The van der Waals surface area contributed by atoms with Crippen molar-refractivity contribution in [1.29, 1.82) is 0 Å². The quantitative estimate of drug-likeness (QED) is 0.832. The van der Waals surface area contributed by atoms with Gasteiger partial charge in [-0.15, -0.1) is 0 Å². The van der Waals surface area contributed by atoms with E-state index >= 15 is 0 Å². The predicted molar refractivity (Wildman–Crippen MR) is 99.3 cm³/mol. The number of amides is 3. The Kier molecular flexibility index (Phi) is 6.83. The lowest BCUT2D eigenvalue weighted by Gasteiger charge is -2.18. The number of likely N-dealkylation sites (N-methyl/N-ethyl adjacent to an activating group) is 1. The lowest BCUT2D eigenvalue weighted by Crippen LogP contribution is -2.42. The van der Waals surface area contributed by atoms with Crippen molar-refractivity contribution >= 4 is 23.5 Å². The number of halogens is 1. The molecule has 0 bridgehead atoms. The normalized spacial score (nSPS) is 10.2. The maximum Gasteiger partial charge on any atom is 0.315 e. The Labute approximate surface area is 153 Å². The van der Waals surface area contributed by atoms with Crippen molar-refractivity contribution in [3.8, 4) is 0 Å². The summed E-state index contributed by atoms with van der Waals surface area (Å²) in [7, 11) is 1.68. The molecule has 6 heteroatoms. The van der Waals surface area contributed by atoms with Crippen molar-refractivity contribution in [1.82, 2.24) is 15.5 Å². The zero-order chi connectivity index (χ0) is 18.2. The summed E-state index contributed by atoms with van der Waals surface area (Å²) in [5.74, 6) is -0.189. The molecule has 25 heavy (non-hydrogen) atoms. The van der Waals surface area contributed by atoms with Gasteiger partial charge in [0.2, 0.25) is 5.91 Å². The topological polar surface area (TPSA) is 61.4 Å². The molecule has 0 aliphatic rings. The zero-order valence-electron chi connectivity index (χ0n) is 14.4. The molecule has 0 aromatic heterocycles. The van der Waals surface area contributed by atoms with E-state index in [2.05, 4.69) is 10.6 Å². The van der Waals surface area contributed by atoms with Gasteiger partial charge >= 0.3 is 6.03 Å². The molecule has 2 rings (SSSR count). The summed E-state index contributed by atoms with van der Waals surface area (Å²) in [6.45, 7) is 2.75. The van der Waals surface area contributed by atoms with E-state index < -0.39 is 0 Å². The van der Waals surface area contributed by atoms with E-state index in [-0.39, 0.29) is 18.5 Å². The first-order valence-corrected chi connectivity index (χ1v) is 8.38. The van der Waals surface area contributed by atoms with E-state index in [0.29, 0.717) is 18.1 Å². The van der Waals surface area contributed by atoms with Crippen LogP contribution in [-0.2, 0) is 17.9 Å². The summed E-state index contributed by atoms with van der Waals surface area (Å²) in [6, 6.07) is 14.9. The van der Waals surface area contributed by atoms with Gasteiger partial charge in [-0.25, -0.2) is 4.79 Å². The van der Waals surface area contributed by atoms with Crippen molar-refractivity contribution in [2.24, 2.45) is 0 Å². The molecule has 0 atom stereocenters. The molecule has 2 aromatic carbocycles. The number of nitrogens with zero attached hydrogens (tertiary/aromatic N) is 1. The van der Waals surface area contributed by atoms with Crippen molar-refractivity contribution in [2.45, 2.75) is 20.0 Å². The van der Waals surface area contributed by atoms with Crippen LogP contribution in [0.5, 0.6) is 0 Å². The Morgan fingerprint density at radius 1 is 1.04 bits per heavy atom. The van der Waals surface area contributed by atoms with Crippen molar-refractivity contribution in [3.63, 3.8) is 0 Å². The number of benzene rings is 2. The highest BCUT2D eigenvalue weighted by Crippen LogP contribution is 2.16. The monoisotopic (exact) mass is 359 g/mol. The third kappa shape index (κ3) is 6.12. The Morgan fingerprint density at radius 2 is 1.72 bits per heavy atom. The summed E-state index contributed by atoms with van der Waals surface area (Å²) < 4.78 is 0. The Morgan fingerprint density at radius 3 is 2.40 bits per heavy atom. The first kappa shape index (κ1) is 18.8. The smallest absolute Gasteiger partial charge is 0.315 e. The van der Waals surface area contributed by atoms with E-state index in [4.69, 9.17) is 11.6 Å². The van der Waals surface area contributed by atoms with Crippen LogP contribution in [0.3, 0.4) is 0 Å². The molecule has 0 saturated carbocycles. The van der Waals surface area contributed by atoms with Gasteiger partial charge in [-0.1, -0.05) is 59.6 Å². The molecule has 5 nitrogen and oxygen atoms in total. The fourth-order valence-electron chi connectivity index (χ4n) is 2.21. The summed E-state index contributed by atoms with van der Waals surface area (Å²) >= 11 is 6.09. The van der Waals surface area contributed by atoms with Gasteiger partial charge in [0.1, 0.15) is 0 Å².